The van der Waals surface area contributed by atoms with Crippen molar-refractivity contribution in [2.75, 3.05) is 11.1 Å². The molecule has 0 saturated carbocycles. The number of nitrogens with zero attached hydrogens (tertiary/aromatic N) is 3. The van der Waals surface area contributed by atoms with Crippen LogP contribution in [0.15, 0.2) is 16.9 Å². The summed E-state index contributed by atoms with van der Waals surface area (Å²) < 4.78 is 7.53. The summed E-state index contributed by atoms with van der Waals surface area (Å²) in [6.45, 7) is 4.32. The number of thiocarbonyl (C=S) groups is 1. The molecule has 0 radical (unpaired) electrons. The fraction of sp³-hybridized carbons (Fsp3) is 0.385. The predicted molar refractivity (Wildman–Crippen MR) is 87.9 cm³/mol. The molecule has 1 amide bonds. The number of hydrogen-bond acceptors (Lipinski definition) is 6. The van der Waals surface area contributed by atoms with E-state index in [2.05, 4.69) is 20.9 Å². The molecule has 2 N–H and O–H groups in total. The molecule has 1 unspecified atom stereocenters. The molecule has 116 valence electrons. The average molecular weight is 337 g/mol. The Hall–Kier alpha value is -1.87. The van der Waals surface area contributed by atoms with Crippen LogP contribution in [-0.2, 0) is 11.3 Å². The first-order chi connectivity index (χ1) is 10.5. The van der Waals surface area contributed by atoms with Gasteiger partial charge >= 0.3 is 0 Å². The summed E-state index contributed by atoms with van der Waals surface area (Å²) in [5, 5.41) is 14.0. The van der Waals surface area contributed by atoms with Crippen LogP contribution in [0.3, 0.4) is 0 Å². The van der Waals surface area contributed by atoms with E-state index in [1.54, 1.807) is 17.1 Å². The standard InChI is InChI=1S/C13H15N5O2S2/c1-7-10(8(2)20-17-7)5-18-4-9(3-14-18)15-12(19)11-6-22-13(21)16-11/h3-4,11H,5-6H2,1-2H3,(H,15,19)(H,16,21). The van der Waals surface area contributed by atoms with Gasteiger partial charge in [-0.25, -0.2) is 0 Å². The van der Waals surface area contributed by atoms with Crippen LogP contribution >= 0.6 is 24.0 Å². The lowest BCUT2D eigenvalue weighted by atomic mass is 10.2. The number of aromatic nitrogens is 3. The van der Waals surface area contributed by atoms with Crippen molar-refractivity contribution >= 4 is 39.9 Å². The lowest BCUT2D eigenvalue weighted by Gasteiger charge is -2.08. The second-order valence-corrected chi connectivity index (χ2v) is 6.71. The highest BCUT2D eigenvalue weighted by Crippen LogP contribution is 2.17. The zero-order valence-electron chi connectivity index (χ0n) is 12.1. The van der Waals surface area contributed by atoms with Crippen LogP contribution in [0.1, 0.15) is 17.0 Å². The molecule has 0 aromatic carbocycles. The number of thioether (sulfide) groups is 1. The van der Waals surface area contributed by atoms with Gasteiger partial charge in [0.15, 0.2) is 0 Å². The zero-order chi connectivity index (χ0) is 15.7. The number of amides is 1. The molecule has 2 aromatic rings. The Morgan fingerprint density at radius 2 is 2.45 bits per heavy atom. The van der Waals surface area contributed by atoms with Gasteiger partial charge in [-0.05, 0) is 13.8 Å². The van der Waals surface area contributed by atoms with E-state index in [9.17, 15) is 4.79 Å². The maximum Gasteiger partial charge on any atom is 0.247 e. The monoisotopic (exact) mass is 337 g/mol. The van der Waals surface area contributed by atoms with Crippen LogP contribution in [0.25, 0.3) is 0 Å². The number of aryl methyl sites for hydroxylation is 2. The third kappa shape index (κ3) is 3.14. The molecule has 22 heavy (non-hydrogen) atoms. The Morgan fingerprint density at radius 3 is 3.09 bits per heavy atom. The summed E-state index contributed by atoms with van der Waals surface area (Å²) in [6, 6.07) is -0.289. The molecule has 1 saturated heterocycles. The van der Waals surface area contributed by atoms with Gasteiger partial charge in [0.25, 0.3) is 0 Å². The topological polar surface area (TPSA) is 85.0 Å². The molecule has 1 aliphatic rings. The summed E-state index contributed by atoms with van der Waals surface area (Å²) in [5.41, 5.74) is 2.50. The number of carbonyl (C=O) groups is 1. The molecule has 2 aromatic heterocycles. The van der Waals surface area contributed by atoms with Gasteiger partial charge in [0.1, 0.15) is 16.1 Å². The van der Waals surface area contributed by atoms with Crippen molar-refractivity contribution in [2.24, 2.45) is 0 Å². The molecule has 0 aliphatic carbocycles. The van der Waals surface area contributed by atoms with Gasteiger partial charge in [-0.2, -0.15) is 5.10 Å². The Labute approximate surface area is 136 Å². The maximum atomic E-state index is 12.1. The largest absolute Gasteiger partial charge is 0.361 e. The molecule has 9 heteroatoms. The fourth-order valence-corrected chi connectivity index (χ4v) is 3.28. The van der Waals surface area contributed by atoms with Gasteiger partial charge in [0.2, 0.25) is 5.91 Å². The van der Waals surface area contributed by atoms with Crippen molar-refractivity contribution < 1.29 is 9.32 Å². The van der Waals surface area contributed by atoms with Gasteiger partial charge in [0.05, 0.1) is 24.1 Å². The third-order valence-corrected chi connectivity index (χ3v) is 4.74. The normalized spacial score (nSPS) is 17.5. The van der Waals surface area contributed by atoms with Crippen molar-refractivity contribution in [1.29, 1.82) is 0 Å². The van der Waals surface area contributed by atoms with Crippen molar-refractivity contribution in [1.82, 2.24) is 20.3 Å². The lowest BCUT2D eigenvalue weighted by Crippen LogP contribution is -2.38. The van der Waals surface area contributed by atoms with Crippen LogP contribution in [0.2, 0.25) is 0 Å². The van der Waals surface area contributed by atoms with Crippen LogP contribution in [-0.4, -0.2) is 37.0 Å². The molecule has 7 nitrogen and oxygen atoms in total. The van der Waals surface area contributed by atoms with E-state index < -0.39 is 0 Å². The summed E-state index contributed by atoms with van der Waals surface area (Å²) in [7, 11) is 0. The smallest absolute Gasteiger partial charge is 0.247 e. The van der Waals surface area contributed by atoms with Gasteiger partial charge in [0, 0.05) is 17.5 Å². The van der Waals surface area contributed by atoms with Crippen molar-refractivity contribution in [3.05, 3.63) is 29.4 Å². The summed E-state index contributed by atoms with van der Waals surface area (Å²) in [5.74, 6) is 1.32. The van der Waals surface area contributed by atoms with E-state index in [4.69, 9.17) is 16.7 Å². The van der Waals surface area contributed by atoms with E-state index in [0.717, 1.165) is 17.0 Å². The van der Waals surface area contributed by atoms with E-state index in [0.29, 0.717) is 22.3 Å². The molecule has 3 rings (SSSR count). The highest BCUT2D eigenvalue weighted by Gasteiger charge is 2.26. The molecule has 1 aliphatic heterocycles. The SMILES string of the molecule is Cc1noc(C)c1Cn1cc(NC(=O)C2CSC(=S)N2)cn1. The van der Waals surface area contributed by atoms with Gasteiger partial charge in [-0.3, -0.25) is 9.48 Å². The predicted octanol–water partition coefficient (Wildman–Crippen LogP) is 1.46. The fourth-order valence-electron chi connectivity index (χ4n) is 2.16. The van der Waals surface area contributed by atoms with Crippen LogP contribution in [0.4, 0.5) is 5.69 Å². The summed E-state index contributed by atoms with van der Waals surface area (Å²) in [6.07, 6.45) is 3.40. The number of carbonyl (C=O) groups excluding carboxylic acids is 1. The van der Waals surface area contributed by atoms with Crippen molar-refractivity contribution in [2.45, 2.75) is 26.4 Å². The van der Waals surface area contributed by atoms with Crippen molar-refractivity contribution in [3.63, 3.8) is 0 Å². The van der Waals surface area contributed by atoms with Gasteiger partial charge < -0.3 is 15.2 Å². The zero-order valence-corrected chi connectivity index (χ0v) is 13.8. The second kappa shape index (κ2) is 6.09. The Balaban J connectivity index is 1.64. The second-order valence-electron chi connectivity index (χ2n) is 5.01. The van der Waals surface area contributed by atoms with E-state index in [1.807, 2.05) is 13.8 Å². The van der Waals surface area contributed by atoms with Crippen molar-refractivity contribution in [3.8, 4) is 0 Å². The first kappa shape index (κ1) is 15.0. The Bertz CT molecular complexity index is 704. The Kier molecular flexibility index (Phi) is 4.16. The highest BCUT2D eigenvalue weighted by molar-refractivity contribution is 8.23. The summed E-state index contributed by atoms with van der Waals surface area (Å²) in [4.78, 5) is 12.1. The quantitative estimate of drug-likeness (QED) is 0.817. The maximum absolute atomic E-state index is 12.1. The minimum atomic E-state index is -0.289. The molecule has 3 heterocycles. The molecule has 1 fully saturated rings. The Morgan fingerprint density at radius 1 is 1.64 bits per heavy atom. The first-order valence-electron chi connectivity index (χ1n) is 6.71. The minimum Gasteiger partial charge on any atom is -0.361 e. The van der Waals surface area contributed by atoms with E-state index >= 15 is 0 Å². The molecular formula is C13H15N5O2S2. The number of rotatable bonds is 4. The van der Waals surface area contributed by atoms with Crippen LogP contribution in [0.5, 0.6) is 0 Å². The third-order valence-electron chi connectivity index (χ3n) is 3.39. The molecule has 1 atom stereocenters. The lowest BCUT2D eigenvalue weighted by molar-refractivity contribution is -0.117. The summed E-state index contributed by atoms with van der Waals surface area (Å²) >= 11 is 6.49. The molecule has 0 spiro atoms. The van der Waals surface area contributed by atoms with Gasteiger partial charge in [-0.1, -0.05) is 29.1 Å². The number of anilines is 1. The number of nitrogens with one attached hydrogen (secondary N) is 2. The highest BCUT2D eigenvalue weighted by atomic mass is 32.2. The minimum absolute atomic E-state index is 0.107. The van der Waals surface area contributed by atoms with Gasteiger partial charge in [-0.15, -0.1) is 0 Å². The van der Waals surface area contributed by atoms with Crippen LogP contribution < -0.4 is 10.6 Å². The van der Waals surface area contributed by atoms with Crippen LogP contribution in [0, 0.1) is 13.8 Å². The average Bonchev–Trinajstić information content (AvgIpc) is 3.17. The number of hydrogen-bond donors (Lipinski definition) is 2. The molecule has 0 bridgehead atoms. The van der Waals surface area contributed by atoms with E-state index in [-0.39, 0.29) is 11.9 Å². The van der Waals surface area contributed by atoms with E-state index in [1.165, 1.54) is 11.8 Å². The first-order valence-corrected chi connectivity index (χ1v) is 8.10. The molecular weight excluding hydrogens is 322 g/mol.